The summed E-state index contributed by atoms with van der Waals surface area (Å²) in [6, 6.07) is 13.9. The van der Waals surface area contributed by atoms with Gasteiger partial charge in [0.05, 0.1) is 12.2 Å². The maximum atomic E-state index is 12.2. The Balaban J connectivity index is 1.37. The molecule has 0 bridgehead atoms. The van der Waals surface area contributed by atoms with Gasteiger partial charge in [0.25, 0.3) is 5.09 Å². The van der Waals surface area contributed by atoms with Gasteiger partial charge < -0.3 is 30.2 Å². The fraction of sp³-hybridized carbons (Fsp3) is 0.433. The van der Waals surface area contributed by atoms with Crippen molar-refractivity contribution >= 4 is 17.5 Å². The SMILES string of the molecule is O=C(CCCC=CC[C@@H]1[C@@H](C=C[C@@H](O)COc2cccc(Cl)c2)[C@H](O)C[C@@H]1O)NCc1ccccc1CO[N+](=O)[O-]. The number of allylic oxidation sites excluding steroid dienone is 2. The highest BCUT2D eigenvalue weighted by Crippen LogP contribution is 2.36. The lowest BCUT2D eigenvalue weighted by Crippen LogP contribution is -2.23. The standard InChI is InChI=1S/C30H37ClN2O8/c31-23-10-7-11-25(16-23)40-20-24(34)14-15-27-26(28(35)17-29(27)36)12-3-1-2-4-13-30(37)32-18-21-8-5-6-9-22(21)19-41-33(38)39/h1,3,5-11,14-16,24,26-29,34-36H,2,4,12-13,17-20H2,(H,32,37)/t24-,26-,27-,28+,29-/m1/s1. The Morgan fingerprint density at radius 3 is 2.68 bits per heavy atom. The Hall–Kier alpha value is -3.44. The van der Waals surface area contributed by atoms with Gasteiger partial charge in [-0.05, 0) is 54.5 Å². The number of aliphatic hydroxyl groups is 3. The zero-order valence-electron chi connectivity index (χ0n) is 22.7. The smallest absolute Gasteiger partial charge is 0.294 e. The molecule has 222 valence electrons. The highest BCUT2D eigenvalue weighted by Gasteiger charge is 2.39. The number of nitrogens with zero attached hydrogens (tertiary/aromatic N) is 1. The van der Waals surface area contributed by atoms with E-state index < -0.39 is 23.4 Å². The second-order valence-corrected chi connectivity index (χ2v) is 10.4. The van der Waals surface area contributed by atoms with E-state index in [9.17, 15) is 30.2 Å². The molecular formula is C30H37ClN2O8. The molecule has 2 aromatic carbocycles. The topological polar surface area (TPSA) is 151 Å². The van der Waals surface area contributed by atoms with E-state index in [-0.39, 0.29) is 43.9 Å². The maximum Gasteiger partial charge on any atom is 0.294 e. The van der Waals surface area contributed by atoms with Gasteiger partial charge in [-0.15, -0.1) is 10.1 Å². The minimum atomic E-state index is -0.885. The number of nitrogens with one attached hydrogen (secondary N) is 1. The normalized spacial score (nSPS) is 21.3. The van der Waals surface area contributed by atoms with Crippen molar-refractivity contribution in [1.29, 1.82) is 0 Å². The molecule has 3 rings (SSSR count). The number of halogens is 1. The van der Waals surface area contributed by atoms with Crippen molar-refractivity contribution in [2.75, 3.05) is 6.61 Å². The summed E-state index contributed by atoms with van der Waals surface area (Å²) in [5.41, 5.74) is 1.39. The van der Waals surface area contributed by atoms with Crippen LogP contribution >= 0.6 is 11.6 Å². The number of hydrogen-bond acceptors (Lipinski definition) is 8. The first-order valence-electron chi connectivity index (χ1n) is 13.6. The number of hydrogen-bond donors (Lipinski definition) is 4. The summed E-state index contributed by atoms with van der Waals surface area (Å²) >= 11 is 5.94. The second kappa shape index (κ2) is 16.7. The van der Waals surface area contributed by atoms with Gasteiger partial charge in [0.15, 0.2) is 0 Å². The van der Waals surface area contributed by atoms with Crippen molar-refractivity contribution in [3.05, 3.63) is 99.1 Å². The Bertz CT molecular complexity index is 1190. The molecule has 0 radical (unpaired) electrons. The first-order chi connectivity index (χ1) is 19.7. The van der Waals surface area contributed by atoms with Crippen molar-refractivity contribution in [2.45, 2.75) is 63.6 Å². The number of carbonyl (C=O) groups excluding carboxylic acids is 1. The molecule has 41 heavy (non-hydrogen) atoms. The molecule has 0 saturated heterocycles. The van der Waals surface area contributed by atoms with Crippen molar-refractivity contribution < 1.29 is 34.8 Å². The maximum absolute atomic E-state index is 12.2. The van der Waals surface area contributed by atoms with E-state index in [0.717, 1.165) is 5.56 Å². The summed E-state index contributed by atoms with van der Waals surface area (Å²) < 4.78 is 5.55. The lowest BCUT2D eigenvalue weighted by atomic mass is 9.89. The predicted octanol–water partition coefficient (Wildman–Crippen LogP) is 4.14. The fourth-order valence-corrected chi connectivity index (χ4v) is 4.96. The molecule has 1 fully saturated rings. The molecule has 0 aliphatic heterocycles. The first-order valence-corrected chi connectivity index (χ1v) is 14.0. The average Bonchev–Trinajstić information content (AvgIpc) is 3.22. The van der Waals surface area contributed by atoms with Gasteiger partial charge in [-0.1, -0.05) is 66.2 Å². The third-order valence-corrected chi connectivity index (χ3v) is 7.19. The van der Waals surface area contributed by atoms with Crippen LogP contribution in [0, 0.1) is 22.0 Å². The minimum absolute atomic E-state index is 0.0306. The van der Waals surface area contributed by atoms with E-state index in [1.165, 1.54) is 0 Å². The molecule has 0 unspecified atom stereocenters. The summed E-state index contributed by atoms with van der Waals surface area (Å²) in [6.07, 6.45) is 7.44. The number of amides is 1. The molecular weight excluding hydrogens is 552 g/mol. The van der Waals surface area contributed by atoms with Crippen LogP contribution in [0.15, 0.2) is 72.8 Å². The molecule has 4 N–H and O–H groups in total. The molecule has 10 nitrogen and oxygen atoms in total. The summed E-state index contributed by atoms with van der Waals surface area (Å²) in [4.78, 5) is 27.1. The first kappa shape index (κ1) is 32.1. The highest BCUT2D eigenvalue weighted by molar-refractivity contribution is 6.30. The molecule has 11 heteroatoms. The van der Waals surface area contributed by atoms with Crippen LogP contribution in [0.2, 0.25) is 5.02 Å². The largest absolute Gasteiger partial charge is 0.491 e. The van der Waals surface area contributed by atoms with Crippen LogP contribution < -0.4 is 10.1 Å². The summed E-state index contributed by atoms with van der Waals surface area (Å²) in [6.45, 7) is 0.110. The zero-order valence-corrected chi connectivity index (χ0v) is 23.4. The Morgan fingerprint density at radius 2 is 1.93 bits per heavy atom. The van der Waals surface area contributed by atoms with E-state index in [4.69, 9.17) is 16.3 Å². The van der Waals surface area contributed by atoms with Crippen LogP contribution in [0.1, 0.15) is 43.2 Å². The number of rotatable bonds is 16. The van der Waals surface area contributed by atoms with Gasteiger partial charge >= 0.3 is 0 Å². The average molecular weight is 589 g/mol. The van der Waals surface area contributed by atoms with E-state index in [1.54, 1.807) is 60.7 Å². The molecule has 1 amide bonds. The number of aliphatic hydroxyl groups excluding tert-OH is 3. The third-order valence-electron chi connectivity index (χ3n) is 6.96. The van der Waals surface area contributed by atoms with E-state index in [1.807, 2.05) is 12.2 Å². The van der Waals surface area contributed by atoms with Gasteiger partial charge in [0.1, 0.15) is 25.1 Å². The van der Waals surface area contributed by atoms with Crippen LogP contribution in [-0.2, 0) is 22.8 Å². The van der Waals surface area contributed by atoms with Crippen LogP contribution in [-0.4, -0.2) is 51.2 Å². The van der Waals surface area contributed by atoms with Gasteiger partial charge in [0.2, 0.25) is 5.91 Å². The van der Waals surface area contributed by atoms with Gasteiger partial charge in [-0.3, -0.25) is 4.79 Å². The van der Waals surface area contributed by atoms with E-state index in [2.05, 4.69) is 10.2 Å². The second-order valence-electron chi connectivity index (χ2n) is 9.97. The van der Waals surface area contributed by atoms with Crippen LogP contribution in [0.5, 0.6) is 5.75 Å². The molecule has 1 saturated carbocycles. The molecule has 0 aromatic heterocycles. The van der Waals surface area contributed by atoms with Crippen LogP contribution in [0.25, 0.3) is 0 Å². The zero-order chi connectivity index (χ0) is 29.6. The molecule has 0 heterocycles. The lowest BCUT2D eigenvalue weighted by molar-refractivity contribution is -0.763. The summed E-state index contributed by atoms with van der Waals surface area (Å²) in [5.74, 6) is -0.0747. The minimum Gasteiger partial charge on any atom is -0.491 e. The quantitative estimate of drug-likeness (QED) is 0.0988. The van der Waals surface area contributed by atoms with Crippen molar-refractivity contribution in [1.82, 2.24) is 5.32 Å². The number of carbonyl (C=O) groups is 1. The molecule has 1 aliphatic carbocycles. The molecule has 1 aliphatic rings. The molecule has 0 spiro atoms. The van der Waals surface area contributed by atoms with Crippen molar-refractivity contribution in [3.63, 3.8) is 0 Å². The number of unbranched alkanes of at least 4 members (excludes halogenated alkanes) is 1. The number of ether oxygens (including phenoxy) is 1. The van der Waals surface area contributed by atoms with Crippen molar-refractivity contribution in [2.24, 2.45) is 11.8 Å². The molecule has 5 atom stereocenters. The van der Waals surface area contributed by atoms with Gasteiger partial charge in [0, 0.05) is 30.3 Å². The predicted molar refractivity (Wildman–Crippen MR) is 153 cm³/mol. The summed E-state index contributed by atoms with van der Waals surface area (Å²) in [7, 11) is 0. The fourth-order valence-electron chi connectivity index (χ4n) is 4.78. The highest BCUT2D eigenvalue weighted by atomic mass is 35.5. The van der Waals surface area contributed by atoms with Gasteiger partial charge in [-0.25, -0.2) is 0 Å². The summed E-state index contributed by atoms with van der Waals surface area (Å²) in [5, 5.41) is 44.2. The van der Waals surface area contributed by atoms with E-state index in [0.29, 0.717) is 42.0 Å². The Kier molecular flexibility index (Phi) is 13.1. The van der Waals surface area contributed by atoms with E-state index >= 15 is 0 Å². The van der Waals surface area contributed by atoms with Crippen LogP contribution in [0.3, 0.4) is 0 Å². The van der Waals surface area contributed by atoms with Crippen LogP contribution in [0.4, 0.5) is 0 Å². The van der Waals surface area contributed by atoms with Crippen molar-refractivity contribution in [3.8, 4) is 5.75 Å². The molecule has 2 aromatic rings. The Labute approximate surface area is 244 Å². The third kappa shape index (κ3) is 11.2. The Morgan fingerprint density at radius 1 is 1.15 bits per heavy atom. The van der Waals surface area contributed by atoms with Gasteiger partial charge in [-0.2, -0.15) is 0 Å². The number of benzene rings is 2. The lowest BCUT2D eigenvalue weighted by Gasteiger charge is -2.19. The monoisotopic (exact) mass is 588 g/mol.